The van der Waals surface area contributed by atoms with Gasteiger partial charge in [0.15, 0.2) is 0 Å². The molecule has 0 aliphatic carbocycles. The number of hydrogen-bond acceptors (Lipinski definition) is 4. The fourth-order valence-electron chi connectivity index (χ4n) is 3.68. The molecule has 2 aromatic carbocycles. The third-order valence-corrected chi connectivity index (χ3v) is 7.67. The molecule has 0 radical (unpaired) electrons. The average Bonchev–Trinajstić information content (AvgIpc) is 3.22. The molecule has 0 saturated carbocycles. The van der Waals surface area contributed by atoms with E-state index in [0.29, 0.717) is 5.82 Å². The Labute approximate surface area is 214 Å². The van der Waals surface area contributed by atoms with Crippen LogP contribution in [0.4, 0.5) is 5.82 Å². The first-order valence-corrected chi connectivity index (χ1v) is 13.5. The van der Waals surface area contributed by atoms with E-state index in [1.54, 1.807) is 18.5 Å². The maximum absolute atomic E-state index is 13.2. The van der Waals surface area contributed by atoms with Gasteiger partial charge < -0.3 is 5.32 Å². The van der Waals surface area contributed by atoms with E-state index in [1.807, 2.05) is 68.4 Å². The Morgan fingerprint density at radius 3 is 2.36 bits per heavy atom. The quantitative estimate of drug-likeness (QED) is 0.439. The molecule has 3 aromatic rings. The van der Waals surface area contributed by atoms with E-state index < -0.39 is 22.0 Å². The summed E-state index contributed by atoms with van der Waals surface area (Å²) in [5.74, 6) is 0.0619. The number of nitrogens with zero attached hydrogens (tertiary/aromatic N) is 3. The van der Waals surface area contributed by atoms with Crippen molar-refractivity contribution in [3.8, 4) is 5.69 Å². The highest BCUT2D eigenvalue weighted by Gasteiger charge is 2.27. The molecule has 0 saturated heterocycles. The number of benzene rings is 2. The Kier molecular flexibility index (Phi) is 8.21. The van der Waals surface area contributed by atoms with Crippen LogP contribution in [0, 0.1) is 13.8 Å². The number of amides is 1. The molecule has 0 fully saturated rings. The van der Waals surface area contributed by atoms with Gasteiger partial charge in [0, 0.05) is 22.9 Å². The maximum Gasteiger partial charge on any atom is 0.240 e. The third-order valence-electron chi connectivity index (χ3n) is 5.98. The summed E-state index contributed by atoms with van der Waals surface area (Å²) in [4.78, 5) is 13.2. The van der Waals surface area contributed by atoms with E-state index >= 15 is 0 Å². The summed E-state index contributed by atoms with van der Waals surface area (Å²) < 4.78 is 29.1. The van der Waals surface area contributed by atoms with Crippen LogP contribution in [-0.4, -0.2) is 41.0 Å². The normalized spacial score (nSPS) is 12.6. The molecule has 0 spiro atoms. The summed E-state index contributed by atoms with van der Waals surface area (Å²) in [5, 5.41) is 8.85. The van der Waals surface area contributed by atoms with Crippen LogP contribution in [0.25, 0.3) is 11.8 Å². The van der Waals surface area contributed by atoms with Gasteiger partial charge >= 0.3 is 0 Å². The van der Waals surface area contributed by atoms with Crippen molar-refractivity contribution in [2.75, 3.05) is 11.9 Å². The number of sulfonamides is 1. The number of carbonyl (C=O) groups is 1. The predicted molar refractivity (Wildman–Crippen MR) is 147 cm³/mol. The zero-order chi connectivity index (χ0) is 26.7. The molecule has 8 heteroatoms. The van der Waals surface area contributed by atoms with Crippen LogP contribution in [-0.2, 0) is 20.2 Å². The van der Waals surface area contributed by atoms with E-state index in [4.69, 9.17) is 5.10 Å². The molecule has 3 rings (SSSR count). The molecular weight excluding hydrogens is 472 g/mol. The Balaban J connectivity index is 1.90. The van der Waals surface area contributed by atoms with Gasteiger partial charge in [-0.15, -0.1) is 0 Å². The van der Waals surface area contributed by atoms with Gasteiger partial charge in [0.25, 0.3) is 0 Å². The monoisotopic (exact) mass is 508 g/mol. The van der Waals surface area contributed by atoms with Crippen LogP contribution in [0.2, 0.25) is 0 Å². The topological polar surface area (TPSA) is 84.3 Å². The summed E-state index contributed by atoms with van der Waals surface area (Å²) in [6.45, 7) is 13.4. The molecule has 1 amide bonds. The zero-order valence-corrected chi connectivity index (χ0v) is 22.9. The van der Waals surface area contributed by atoms with Crippen LogP contribution < -0.4 is 5.32 Å². The SMILES string of the molecule is Cc1cccc(-n2nc(C(C)(C)C)cc2NC(=O)CN(C(C)C)S(=O)(=O)/C=C/c2ccccc2)c1C. The van der Waals surface area contributed by atoms with Gasteiger partial charge in [0.05, 0.1) is 17.9 Å². The lowest BCUT2D eigenvalue weighted by molar-refractivity contribution is -0.116. The highest BCUT2D eigenvalue weighted by molar-refractivity contribution is 7.92. The predicted octanol–water partition coefficient (Wildman–Crippen LogP) is 5.44. The third kappa shape index (κ3) is 6.50. The number of aryl methyl sites for hydroxylation is 1. The van der Waals surface area contributed by atoms with Gasteiger partial charge in [-0.05, 0) is 56.5 Å². The van der Waals surface area contributed by atoms with E-state index in [2.05, 4.69) is 26.1 Å². The molecule has 1 N–H and O–H groups in total. The lowest BCUT2D eigenvalue weighted by atomic mass is 9.92. The lowest BCUT2D eigenvalue weighted by Gasteiger charge is -2.23. The molecule has 36 heavy (non-hydrogen) atoms. The lowest BCUT2D eigenvalue weighted by Crippen LogP contribution is -2.41. The van der Waals surface area contributed by atoms with Gasteiger partial charge in [-0.25, -0.2) is 13.1 Å². The number of nitrogens with one attached hydrogen (secondary N) is 1. The molecule has 0 unspecified atom stereocenters. The number of anilines is 1. The minimum Gasteiger partial charge on any atom is -0.309 e. The summed E-state index contributed by atoms with van der Waals surface area (Å²) in [5.41, 5.74) is 4.37. The smallest absolute Gasteiger partial charge is 0.240 e. The summed E-state index contributed by atoms with van der Waals surface area (Å²) >= 11 is 0. The van der Waals surface area contributed by atoms with Gasteiger partial charge in [-0.2, -0.15) is 9.40 Å². The molecule has 1 aromatic heterocycles. The van der Waals surface area contributed by atoms with Crippen LogP contribution in [0.1, 0.15) is 57.0 Å². The zero-order valence-electron chi connectivity index (χ0n) is 22.1. The first-order valence-electron chi connectivity index (χ1n) is 12.0. The molecule has 0 bridgehead atoms. The molecule has 0 aliphatic rings. The molecular formula is C28H36N4O3S. The minimum absolute atomic E-state index is 0.238. The second-order valence-electron chi connectivity index (χ2n) is 10.2. The second-order valence-corrected chi connectivity index (χ2v) is 12.0. The van der Waals surface area contributed by atoms with Crippen LogP contribution in [0.3, 0.4) is 0 Å². The number of aromatic nitrogens is 2. The highest BCUT2D eigenvalue weighted by Crippen LogP contribution is 2.28. The second kappa shape index (κ2) is 10.8. The standard InChI is InChI=1S/C28H36N4O3S/c1-20(2)31(36(34,35)17-16-23-13-9-8-10-14-23)19-27(33)29-26-18-25(28(5,6)7)30-32(26)24-15-11-12-21(3)22(24)4/h8-18,20H,19H2,1-7H3,(H,29,33)/b17-16+. The van der Waals surface area contributed by atoms with E-state index in [9.17, 15) is 13.2 Å². The van der Waals surface area contributed by atoms with Crippen molar-refractivity contribution in [3.63, 3.8) is 0 Å². The number of carbonyl (C=O) groups excluding carboxylic acids is 1. The Morgan fingerprint density at radius 2 is 1.75 bits per heavy atom. The van der Waals surface area contributed by atoms with Crippen molar-refractivity contribution in [3.05, 3.63) is 82.4 Å². The molecule has 7 nitrogen and oxygen atoms in total. The minimum atomic E-state index is -3.83. The maximum atomic E-state index is 13.2. The Hall–Kier alpha value is -3.23. The van der Waals surface area contributed by atoms with Crippen LogP contribution in [0.15, 0.2) is 60.0 Å². The molecule has 1 heterocycles. The number of hydrogen-bond donors (Lipinski definition) is 1. The molecule has 192 valence electrons. The van der Waals surface area contributed by atoms with Gasteiger partial charge in [-0.1, -0.05) is 63.2 Å². The fourth-order valence-corrected chi connectivity index (χ4v) is 5.05. The van der Waals surface area contributed by atoms with Gasteiger partial charge in [-0.3, -0.25) is 4.79 Å². The van der Waals surface area contributed by atoms with E-state index in [0.717, 1.165) is 33.5 Å². The van der Waals surface area contributed by atoms with Crippen LogP contribution >= 0.6 is 0 Å². The van der Waals surface area contributed by atoms with Crippen LogP contribution in [0.5, 0.6) is 0 Å². The Morgan fingerprint density at radius 1 is 1.08 bits per heavy atom. The summed E-state index contributed by atoms with van der Waals surface area (Å²) in [7, 11) is -3.83. The van der Waals surface area contributed by atoms with Crippen molar-refractivity contribution in [2.24, 2.45) is 0 Å². The van der Waals surface area contributed by atoms with Crippen molar-refractivity contribution in [2.45, 2.75) is 59.9 Å². The van der Waals surface area contributed by atoms with Gasteiger partial charge in [0.1, 0.15) is 5.82 Å². The largest absolute Gasteiger partial charge is 0.309 e. The van der Waals surface area contributed by atoms with Crippen molar-refractivity contribution < 1.29 is 13.2 Å². The summed E-state index contributed by atoms with van der Waals surface area (Å²) in [6.07, 6.45) is 1.54. The molecule has 0 aliphatic heterocycles. The Bertz CT molecular complexity index is 1350. The van der Waals surface area contributed by atoms with E-state index in [-0.39, 0.29) is 12.0 Å². The summed E-state index contributed by atoms with van der Waals surface area (Å²) in [6, 6.07) is 16.6. The van der Waals surface area contributed by atoms with Crippen molar-refractivity contribution >= 4 is 27.8 Å². The van der Waals surface area contributed by atoms with Crippen molar-refractivity contribution in [1.82, 2.24) is 14.1 Å². The fraction of sp³-hybridized carbons (Fsp3) is 0.357. The molecule has 0 atom stereocenters. The first kappa shape index (κ1) is 27.4. The number of rotatable bonds is 8. The average molecular weight is 509 g/mol. The first-order chi connectivity index (χ1) is 16.8. The van der Waals surface area contributed by atoms with Crippen molar-refractivity contribution in [1.29, 1.82) is 0 Å². The highest BCUT2D eigenvalue weighted by atomic mass is 32.2. The van der Waals surface area contributed by atoms with E-state index in [1.165, 1.54) is 10.4 Å². The van der Waals surface area contributed by atoms with Gasteiger partial charge in [0.2, 0.25) is 15.9 Å².